The standard InChI is InChI=1S/C23H28N4O2.C9H14N2O/c24-13-22-19(16-28)11-18(12-23(22)26-20-3-1-2-4-20)17-5-6-21(25-14-17)15-27-7-9-29-10-8-27;1-6-4-7(2)11-9(12)8(6)5-10-3/h5-6,11-14,16,20,24,26H,1-4,7-10,15H2;4,10H,5H2,1-3H3,(H,11,12). The van der Waals surface area contributed by atoms with Gasteiger partial charge in [0.2, 0.25) is 0 Å². The number of rotatable bonds is 9. The largest absolute Gasteiger partial charge is 0.382 e. The molecule has 2 aromatic heterocycles. The molecule has 1 saturated heterocycles. The Morgan fingerprint density at radius 1 is 1.12 bits per heavy atom. The van der Waals surface area contributed by atoms with E-state index in [-0.39, 0.29) is 5.56 Å². The minimum absolute atomic E-state index is 0.0156. The molecule has 3 heterocycles. The molecular formula is C32H42N6O3. The first kappa shape index (κ1) is 30.3. The molecule has 0 radical (unpaired) electrons. The predicted molar refractivity (Wildman–Crippen MR) is 164 cm³/mol. The monoisotopic (exact) mass is 558 g/mol. The summed E-state index contributed by atoms with van der Waals surface area (Å²) < 4.78 is 5.40. The molecule has 2 fully saturated rings. The fourth-order valence-electron chi connectivity index (χ4n) is 5.47. The molecule has 1 aromatic carbocycles. The third-order valence-corrected chi connectivity index (χ3v) is 7.69. The molecule has 41 heavy (non-hydrogen) atoms. The van der Waals surface area contributed by atoms with Gasteiger partial charge in [-0.1, -0.05) is 18.9 Å². The molecular weight excluding hydrogens is 516 g/mol. The first-order valence-electron chi connectivity index (χ1n) is 14.4. The Morgan fingerprint density at radius 2 is 1.88 bits per heavy atom. The van der Waals surface area contributed by atoms with Crippen molar-refractivity contribution in [2.75, 3.05) is 38.7 Å². The van der Waals surface area contributed by atoms with Crippen molar-refractivity contribution >= 4 is 18.2 Å². The van der Waals surface area contributed by atoms with Crippen LogP contribution >= 0.6 is 0 Å². The highest BCUT2D eigenvalue weighted by atomic mass is 16.5. The second-order valence-corrected chi connectivity index (χ2v) is 10.8. The predicted octanol–water partition coefficient (Wildman–Crippen LogP) is 4.46. The normalized spacial score (nSPS) is 15.7. The van der Waals surface area contributed by atoms with E-state index in [2.05, 4.69) is 37.6 Å². The lowest BCUT2D eigenvalue weighted by atomic mass is 9.98. The molecule has 0 unspecified atom stereocenters. The maximum absolute atomic E-state index is 11.7. The number of carbonyl (C=O) groups is 1. The molecule has 0 spiro atoms. The molecule has 1 saturated carbocycles. The fourth-order valence-corrected chi connectivity index (χ4v) is 5.47. The topological polar surface area (TPSA) is 123 Å². The van der Waals surface area contributed by atoms with Gasteiger partial charge in [0.15, 0.2) is 6.29 Å². The van der Waals surface area contributed by atoms with Gasteiger partial charge in [0.05, 0.1) is 18.9 Å². The van der Waals surface area contributed by atoms with Crippen molar-refractivity contribution < 1.29 is 9.53 Å². The summed E-state index contributed by atoms with van der Waals surface area (Å²) in [6, 6.07) is 10.4. The lowest BCUT2D eigenvalue weighted by Gasteiger charge is -2.26. The Balaban J connectivity index is 0.000000271. The molecule has 4 N–H and O–H groups in total. The van der Waals surface area contributed by atoms with Crippen molar-refractivity contribution in [1.82, 2.24) is 20.2 Å². The van der Waals surface area contributed by atoms with Crippen LogP contribution in [0.5, 0.6) is 0 Å². The van der Waals surface area contributed by atoms with E-state index in [1.807, 2.05) is 45.3 Å². The fraction of sp³-hybridized carbons (Fsp3) is 0.438. The number of pyridine rings is 2. The lowest BCUT2D eigenvalue weighted by Crippen LogP contribution is -2.35. The van der Waals surface area contributed by atoms with Gasteiger partial charge in [0.25, 0.3) is 5.56 Å². The first-order valence-corrected chi connectivity index (χ1v) is 14.4. The summed E-state index contributed by atoms with van der Waals surface area (Å²) in [5, 5.41) is 14.3. The van der Waals surface area contributed by atoms with Gasteiger partial charge in [0.1, 0.15) is 0 Å². The molecule has 218 valence electrons. The molecule has 0 amide bonds. The highest BCUT2D eigenvalue weighted by Crippen LogP contribution is 2.30. The Kier molecular flexibility index (Phi) is 11.0. The van der Waals surface area contributed by atoms with Gasteiger partial charge in [-0.3, -0.25) is 19.5 Å². The van der Waals surface area contributed by atoms with Gasteiger partial charge >= 0.3 is 0 Å². The third-order valence-electron chi connectivity index (χ3n) is 7.69. The van der Waals surface area contributed by atoms with Crippen molar-refractivity contribution in [2.24, 2.45) is 0 Å². The van der Waals surface area contributed by atoms with Gasteiger partial charge in [-0.15, -0.1) is 0 Å². The van der Waals surface area contributed by atoms with Crippen molar-refractivity contribution in [2.45, 2.75) is 58.7 Å². The van der Waals surface area contributed by atoms with Crippen LogP contribution in [0.3, 0.4) is 0 Å². The molecule has 9 heteroatoms. The van der Waals surface area contributed by atoms with Crippen LogP contribution in [0.15, 0.2) is 41.3 Å². The number of nitrogens with one attached hydrogen (secondary N) is 4. The number of nitrogens with zero attached hydrogens (tertiary/aromatic N) is 2. The average Bonchev–Trinajstić information content (AvgIpc) is 3.49. The van der Waals surface area contributed by atoms with E-state index in [0.29, 0.717) is 23.7 Å². The SMILES string of the molecule is CNCc1c(C)cc(C)[nH]c1=O.N=Cc1c(C=O)cc(-c2ccc(CN3CCOCC3)nc2)cc1NC1CCCC1. The molecule has 5 rings (SSSR count). The van der Waals surface area contributed by atoms with E-state index in [1.54, 1.807) is 0 Å². The number of morpholine rings is 1. The van der Waals surface area contributed by atoms with Gasteiger partial charge in [0, 0.05) is 78.3 Å². The number of H-pyrrole nitrogens is 1. The van der Waals surface area contributed by atoms with Crippen molar-refractivity contribution in [3.8, 4) is 11.1 Å². The zero-order valence-corrected chi connectivity index (χ0v) is 24.4. The number of benzene rings is 1. The highest BCUT2D eigenvalue weighted by Gasteiger charge is 2.18. The van der Waals surface area contributed by atoms with Crippen molar-refractivity contribution in [3.63, 3.8) is 0 Å². The summed E-state index contributed by atoms with van der Waals surface area (Å²) in [6.07, 6.45) is 8.71. The number of anilines is 1. The summed E-state index contributed by atoms with van der Waals surface area (Å²) >= 11 is 0. The second kappa shape index (κ2) is 14.8. The Morgan fingerprint density at radius 3 is 2.49 bits per heavy atom. The summed E-state index contributed by atoms with van der Waals surface area (Å²) in [6.45, 7) is 8.73. The Hall–Kier alpha value is -3.66. The van der Waals surface area contributed by atoms with Crippen LogP contribution in [-0.4, -0.2) is 66.8 Å². The van der Waals surface area contributed by atoms with E-state index < -0.39 is 0 Å². The van der Waals surface area contributed by atoms with E-state index in [0.717, 1.165) is 91.3 Å². The number of ether oxygens (including phenoxy) is 1. The van der Waals surface area contributed by atoms with Crippen LogP contribution < -0.4 is 16.2 Å². The number of hydrogen-bond donors (Lipinski definition) is 4. The number of aldehydes is 1. The lowest BCUT2D eigenvalue weighted by molar-refractivity contribution is 0.0336. The Bertz CT molecular complexity index is 1370. The molecule has 0 bridgehead atoms. The van der Waals surface area contributed by atoms with E-state index in [9.17, 15) is 9.59 Å². The summed E-state index contributed by atoms with van der Waals surface area (Å²) in [4.78, 5) is 32.8. The van der Waals surface area contributed by atoms with Gasteiger partial charge in [-0.25, -0.2) is 0 Å². The second-order valence-electron chi connectivity index (χ2n) is 10.8. The van der Waals surface area contributed by atoms with Crippen LogP contribution in [0.2, 0.25) is 0 Å². The number of aromatic amines is 1. The van der Waals surface area contributed by atoms with Crippen LogP contribution in [0, 0.1) is 19.3 Å². The minimum Gasteiger partial charge on any atom is -0.382 e. The van der Waals surface area contributed by atoms with Crippen molar-refractivity contribution in [1.29, 1.82) is 5.41 Å². The zero-order valence-electron chi connectivity index (χ0n) is 24.4. The molecule has 9 nitrogen and oxygen atoms in total. The van der Waals surface area contributed by atoms with Gasteiger partial charge < -0.3 is 25.8 Å². The Labute approximate surface area is 242 Å². The highest BCUT2D eigenvalue weighted by molar-refractivity contribution is 5.99. The van der Waals surface area contributed by atoms with Gasteiger partial charge in [-0.05, 0) is 69.1 Å². The summed E-state index contributed by atoms with van der Waals surface area (Å²) in [5.41, 5.74) is 7.82. The molecule has 1 aliphatic carbocycles. The number of aromatic nitrogens is 2. The van der Waals surface area contributed by atoms with E-state index in [1.165, 1.54) is 19.1 Å². The van der Waals surface area contributed by atoms with Crippen molar-refractivity contribution in [3.05, 3.63) is 80.5 Å². The third kappa shape index (κ3) is 8.19. The maximum Gasteiger partial charge on any atom is 0.252 e. The summed E-state index contributed by atoms with van der Waals surface area (Å²) in [7, 11) is 1.83. The number of aryl methyl sites for hydroxylation is 2. The smallest absolute Gasteiger partial charge is 0.252 e. The van der Waals surface area contributed by atoms with E-state index in [4.69, 9.17) is 10.1 Å². The first-order chi connectivity index (χ1) is 19.9. The van der Waals surface area contributed by atoms with Crippen LogP contribution in [0.4, 0.5) is 5.69 Å². The summed E-state index contributed by atoms with van der Waals surface area (Å²) in [5.74, 6) is 0. The van der Waals surface area contributed by atoms with Crippen LogP contribution in [0.25, 0.3) is 11.1 Å². The maximum atomic E-state index is 11.7. The molecule has 1 aliphatic heterocycles. The number of carbonyl (C=O) groups excluding carboxylic acids is 1. The number of hydrogen-bond acceptors (Lipinski definition) is 8. The van der Waals surface area contributed by atoms with Crippen LogP contribution in [-0.2, 0) is 17.8 Å². The molecule has 0 atom stereocenters. The average molecular weight is 559 g/mol. The minimum atomic E-state index is 0.0156. The van der Waals surface area contributed by atoms with Crippen LogP contribution in [0.1, 0.15) is 64.1 Å². The van der Waals surface area contributed by atoms with Gasteiger partial charge in [-0.2, -0.15) is 0 Å². The quantitative estimate of drug-likeness (QED) is 0.226. The van der Waals surface area contributed by atoms with E-state index >= 15 is 0 Å². The molecule has 3 aromatic rings. The zero-order chi connectivity index (χ0) is 29.2. The molecule has 2 aliphatic rings.